The van der Waals surface area contributed by atoms with Gasteiger partial charge in [-0.2, -0.15) is 0 Å². The van der Waals surface area contributed by atoms with Crippen LogP contribution in [-0.2, 0) is 6.42 Å². The SMILES string of the molecule is CC(C)NCCc1nnc(-c2cc(Cl)ccc2I)s1. The average molecular weight is 408 g/mol. The summed E-state index contributed by atoms with van der Waals surface area (Å²) in [6, 6.07) is 6.34. The Kier molecular flexibility index (Phi) is 5.56. The molecule has 0 bridgehead atoms. The van der Waals surface area contributed by atoms with E-state index in [1.54, 1.807) is 11.3 Å². The number of hydrogen-bond acceptors (Lipinski definition) is 4. The van der Waals surface area contributed by atoms with Gasteiger partial charge in [-0.05, 0) is 40.8 Å². The Morgan fingerprint density at radius 2 is 2.16 bits per heavy atom. The first-order chi connectivity index (χ1) is 9.06. The summed E-state index contributed by atoms with van der Waals surface area (Å²) >= 11 is 9.97. The second-order valence-electron chi connectivity index (χ2n) is 4.48. The first-order valence-corrected chi connectivity index (χ1v) is 8.35. The molecule has 0 fully saturated rings. The number of halogens is 2. The molecule has 0 aliphatic carbocycles. The fourth-order valence-corrected chi connectivity index (χ4v) is 3.41. The molecule has 2 aromatic rings. The molecular weight excluding hydrogens is 393 g/mol. The zero-order valence-electron chi connectivity index (χ0n) is 10.8. The molecule has 1 aromatic carbocycles. The summed E-state index contributed by atoms with van der Waals surface area (Å²) in [4.78, 5) is 0. The Balaban J connectivity index is 2.10. The van der Waals surface area contributed by atoms with Gasteiger partial charge in [0, 0.05) is 33.2 Å². The van der Waals surface area contributed by atoms with Gasteiger partial charge in [-0.1, -0.05) is 36.8 Å². The molecule has 0 radical (unpaired) electrons. The number of hydrogen-bond donors (Lipinski definition) is 1. The summed E-state index contributed by atoms with van der Waals surface area (Å²) < 4.78 is 1.14. The van der Waals surface area contributed by atoms with Crippen molar-refractivity contribution < 1.29 is 0 Å². The van der Waals surface area contributed by atoms with Crippen molar-refractivity contribution in [3.05, 3.63) is 31.8 Å². The lowest BCUT2D eigenvalue weighted by atomic mass is 10.2. The predicted octanol–water partition coefficient (Wildman–Crippen LogP) is 4.00. The minimum absolute atomic E-state index is 0.501. The Morgan fingerprint density at radius 3 is 2.89 bits per heavy atom. The van der Waals surface area contributed by atoms with Gasteiger partial charge in [-0.15, -0.1) is 10.2 Å². The Morgan fingerprint density at radius 1 is 1.37 bits per heavy atom. The van der Waals surface area contributed by atoms with Crippen molar-refractivity contribution in [2.45, 2.75) is 26.3 Å². The minimum atomic E-state index is 0.501. The molecule has 102 valence electrons. The lowest BCUT2D eigenvalue weighted by molar-refractivity contribution is 0.588. The normalized spacial score (nSPS) is 11.2. The van der Waals surface area contributed by atoms with E-state index in [1.807, 2.05) is 18.2 Å². The van der Waals surface area contributed by atoms with Gasteiger partial charge in [0.1, 0.15) is 10.0 Å². The highest BCUT2D eigenvalue weighted by Crippen LogP contribution is 2.30. The van der Waals surface area contributed by atoms with Crippen LogP contribution in [0.2, 0.25) is 5.02 Å². The maximum Gasteiger partial charge on any atom is 0.148 e. The second-order valence-corrected chi connectivity index (χ2v) is 7.14. The van der Waals surface area contributed by atoms with Gasteiger partial charge in [0.2, 0.25) is 0 Å². The number of nitrogens with zero attached hydrogens (tertiary/aromatic N) is 2. The van der Waals surface area contributed by atoms with Crippen molar-refractivity contribution in [2.75, 3.05) is 6.54 Å². The van der Waals surface area contributed by atoms with Gasteiger partial charge in [0.15, 0.2) is 0 Å². The molecule has 0 spiro atoms. The van der Waals surface area contributed by atoms with Crippen molar-refractivity contribution in [3.63, 3.8) is 0 Å². The zero-order chi connectivity index (χ0) is 13.8. The average Bonchev–Trinajstić information content (AvgIpc) is 2.80. The third kappa shape index (κ3) is 4.37. The maximum absolute atomic E-state index is 6.04. The minimum Gasteiger partial charge on any atom is -0.314 e. The molecule has 1 N–H and O–H groups in total. The monoisotopic (exact) mass is 407 g/mol. The van der Waals surface area contributed by atoms with Crippen LogP contribution in [-0.4, -0.2) is 22.8 Å². The number of aromatic nitrogens is 2. The van der Waals surface area contributed by atoms with E-state index in [1.165, 1.54) is 0 Å². The van der Waals surface area contributed by atoms with Crippen LogP contribution in [0.5, 0.6) is 0 Å². The predicted molar refractivity (Wildman–Crippen MR) is 89.9 cm³/mol. The molecule has 6 heteroatoms. The van der Waals surface area contributed by atoms with Crippen LogP contribution >= 0.6 is 45.5 Å². The molecule has 0 unspecified atom stereocenters. The third-order valence-corrected chi connectivity index (χ3v) is 4.71. The van der Waals surface area contributed by atoms with E-state index in [0.717, 1.165) is 37.1 Å². The van der Waals surface area contributed by atoms with Gasteiger partial charge in [0.25, 0.3) is 0 Å². The van der Waals surface area contributed by atoms with E-state index in [2.05, 4.69) is 52.0 Å². The van der Waals surface area contributed by atoms with Gasteiger partial charge in [0.05, 0.1) is 0 Å². The highest BCUT2D eigenvalue weighted by atomic mass is 127. The fraction of sp³-hybridized carbons (Fsp3) is 0.385. The number of benzene rings is 1. The Hall–Kier alpha value is -0.240. The smallest absolute Gasteiger partial charge is 0.148 e. The first-order valence-electron chi connectivity index (χ1n) is 6.07. The van der Waals surface area contributed by atoms with E-state index < -0.39 is 0 Å². The Labute approximate surface area is 135 Å². The molecule has 0 aliphatic heterocycles. The number of nitrogens with one attached hydrogen (secondary N) is 1. The van der Waals surface area contributed by atoms with Gasteiger partial charge >= 0.3 is 0 Å². The molecule has 3 nitrogen and oxygen atoms in total. The van der Waals surface area contributed by atoms with Crippen LogP contribution in [0.1, 0.15) is 18.9 Å². The largest absolute Gasteiger partial charge is 0.314 e. The standard InChI is InChI=1S/C13H15ClIN3S/c1-8(2)16-6-5-12-17-18-13(19-12)10-7-9(14)3-4-11(10)15/h3-4,7-8,16H,5-6H2,1-2H3. The summed E-state index contributed by atoms with van der Waals surface area (Å²) in [7, 11) is 0. The van der Waals surface area contributed by atoms with Gasteiger partial charge in [-0.3, -0.25) is 0 Å². The van der Waals surface area contributed by atoms with Crippen LogP contribution in [0.15, 0.2) is 18.2 Å². The summed E-state index contributed by atoms with van der Waals surface area (Å²) in [6.45, 7) is 5.21. The maximum atomic E-state index is 6.04. The summed E-state index contributed by atoms with van der Waals surface area (Å²) in [6.07, 6.45) is 0.910. The lowest BCUT2D eigenvalue weighted by Crippen LogP contribution is -2.24. The molecule has 0 aliphatic rings. The molecule has 1 aromatic heterocycles. The zero-order valence-corrected chi connectivity index (χ0v) is 14.5. The molecule has 19 heavy (non-hydrogen) atoms. The van der Waals surface area contributed by atoms with Crippen molar-refractivity contribution >= 4 is 45.5 Å². The van der Waals surface area contributed by atoms with Crippen LogP contribution in [0.4, 0.5) is 0 Å². The number of rotatable bonds is 5. The summed E-state index contributed by atoms with van der Waals surface area (Å²) in [5.41, 5.74) is 1.06. The topological polar surface area (TPSA) is 37.8 Å². The summed E-state index contributed by atoms with van der Waals surface area (Å²) in [5, 5.41) is 14.6. The first kappa shape index (κ1) is 15.2. The van der Waals surface area contributed by atoms with Crippen LogP contribution in [0.25, 0.3) is 10.6 Å². The van der Waals surface area contributed by atoms with E-state index in [4.69, 9.17) is 11.6 Å². The lowest BCUT2D eigenvalue weighted by Gasteiger charge is -2.05. The van der Waals surface area contributed by atoms with Crippen LogP contribution < -0.4 is 5.32 Å². The van der Waals surface area contributed by atoms with Crippen molar-refractivity contribution in [3.8, 4) is 10.6 Å². The third-order valence-electron chi connectivity index (χ3n) is 2.52. The van der Waals surface area contributed by atoms with Crippen LogP contribution in [0.3, 0.4) is 0 Å². The van der Waals surface area contributed by atoms with Crippen molar-refractivity contribution in [2.24, 2.45) is 0 Å². The highest BCUT2D eigenvalue weighted by molar-refractivity contribution is 14.1. The summed E-state index contributed by atoms with van der Waals surface area (Å²) in [5.74, 6) is 0. The van der Waals surface area contributed by atoms with E-state index in [-0.39, 0.29) is 0 Å². The van der Waals surface area contributed by atoms with E-state index in [0.29, 0.717) is 6.04 Å². The van der Waals surface area contributed by atoms with Gasteiger partial charge in [-0.25, -0.2) is 0 Å². The van der Waals surface area contributed by atoms with E-state index in [9.17, 15) is 0 Å². The molecule has 0 amide bonds. The molecular formula is C13H15ClIN3S. The van der Waals surface area contributed by atoms with Gasteiger partial charge < -0.3 is 5.32 Å². The highest BCUT2D eigenvalue weighted by Gasteiger charge is 2.10. The van der Waals surface area contributed by atoms with E-state index >= 15 is 0 Å². The van der Waals surface area contributed by atoms with Crippen molar-refractivity contribution in [1.29, 1.82) is 0 Å². The van der Waals surface area contributed by atoms with Crippen molar-refractivity contribution in [1.82, 2.24) is 15.5 Å². The molecule has 0 saturated carbocycles. The molecule has 0 saturated heterocycles. The van der Waals surface area contributed by atoms with Crippen LogP contribution in [0, 0.1) is 3.57 Å². The molecule has 1 heterocycles. The second kappa shape index (κ2) is 6.97. The fourth-order valence-electron chi connectivity index (χ4n) is 1.59. The quantitative estimate of drug-likeness (QED) is 0.761. The molecule has 2 rings (SSSR count). The Bertz CT molecular complexity index is 557. The molecule has 0 atom stereocenters.